The summed E-state index contributed by atoms with van der Waals surface area (Å²) in [5.41, 5.74) is 3.88. The zero-order valence-electron chi connectivity index (χ0n) is 8.10. The maximum Gasteiger partial charge on any atom is 0.0280 e. The highest BCUT2D eigenvalue weighted by atomic mass is 14.6. The molecular weight excluding hydrogens is 134 g/mol. The fraction of sp³-hybridized carbons (Fsp3) is 0.500. The third kappa shape index (κ3) is 3.17. The Morgan fingerprint density at radius 2 is 1.73 bits per heavy atom. The van der Waals surface area contributed by atoms with Crippen molar-refractivity contribution in [3.63, 3.8) is 0 Å². The molecule has 0 amide bonds. The van der Waals surface area contributed by atoms with E-state index in [0.717, 1.165) is 0 Å². The van der Waals surface area contributed by atoms with E-state index in [2.05, 4.69) is 31.8 Å². The van der Waals surface area contributed by atoms with Crippen LogP contribution in [0.15, 0.2) is 27.8 Å². The van der Waals surface area contributed by atoms with Crippen LogP contribution in [-0.2, 0) is 0 Å². The van der Waals surface area contributed by atoms with Gasteiger partial charge < -0.3 is 0 Å². The Bertz CT molecular complexity index is 203. The summed E-state index contributed by atoms with van der Waals surface area (Å²) in [5.74, 6) is 0. The lowest BCUT2D eigenvalue weighted by Gasteiger charge is -2.02. The highest BCUT2D eigenvalue weighted by Gasteiger charge is 1.95. The van der Waals surface area contributed by atoms with Crippen LogP contribution in [0.3, 0.4) is 0 Å². The number of aliphatic imine (C=N–C) groups is 1. The van der Waals surface area contributed by atoms with Crippen molar-refractivity contribution in [3.05, 3.63) is 22.8 Å². The molecule has 0 spiro atoms. The van der Waals surface area contributed by atoms with Crippen LogP contribution in [0.25, 0.3) is 0 Å². The molecule has 0 rings (SSSR count). The van der Waals surface area contributed by atoms with E-state index in [1.165, 1.54) is 16.7 Å². The normalized spacial score (nSPS) is 12.3. The molecule has 0 aliphatic heterocycles. The molecule has 0 fully saturated rings. The maximum absolute atomic E-state index is 3.98. The van der Waals surface area contributed by atoms with Crippen LogP contribution in [0.4, 0.5) is 0 Å². The lowest BCUT2D eigenvalue weighted by Crippen LogP contribution is -1.88. The smallest absolute Gasteiger partial charge is 0.0280 e. The van der Waals surface area contributed by atoms with Crippen LogP contribution >= 0.6 is 0 Å². The Balaban J connectivity index is 4.69. The molecule has 0 aromatic rings. The molecule has 0 atom stereocenters. The van der Waals surface area contributed by atoms with E-state index in [-0.39, 0.29) is 0 Å². The maximum atomic E-state index is 3.98. The summed E-state index contributed by atoms with van der Waals surface area (Å²) in [6.45, 7) is 8.38. The largest absolute Gasteiger partial charge is 0.296 e. The zero-order valence-corrected chi connectivity index (χ0v) is 8.10. The Morgan fingerprint density at radius 1 is 1.18 bits per heavy atom. The molecule has 0 aromatic carbocycles. The van der Waals surface area contributed by atoms with Crippen LogP contribution in [0.2, 0.25) is 0 Å². The molecule has 0 bridgehead atoms. The minimum Gasteiger partial charge on any atom is -0.296 e. The molecule has 0 saturated carbocycles. The average molecular weight is 151 g/mol. The summed E-state index contributed by atoms with van der Waals surface area (Å²) in [6.07, 6.45) is 3.97. The highest BCUT2D eigenvalue weighted by molar-refractivity contribution is 5.84. The number of allylic oxidation sites excluding steroid dienone is 4. The first kappa shape index (κ1) is 10.2. The average Bonchev–Trinajstić information content (AvgIpc) is 1.98. The second-order valence-electron chi connectivity index (χ2n) is 2.76. The molecule has 0 unspecified atom stereocenters. The first-order valence-corrected chi connectivity index (χ1v) is 3.86. The number of rotatable bonds is 2. The molecule has 0 aromatic heterocycles. The Morgan fingerprint density at radius 3 is 2.00 bits per heavy atom. The van der Waals surface area contributed by atoms with Gasteiger partial charge in [0, 0.05) is 13.3 Å². The van der Waals surface area contributed by atoms with Crippen molar-refractivity contribution in [1.82, 2.24) is 0 Å². The van der Waals surface area contributed by atoms with Crippen LogP contribution in [0, 0.1) is 0 Å². The van der Waals surface area contributed by atoms with Crippen LogP contribution < -0.4 is 0 Å². The molecule has 1 heteroatoms. The van der Waals surface area contributed by atoms with Gasteiger partial charge in [0.25, 0.3) is 0 Å². The van der Waals surface area contributed by atoms with Gasteiger partial charge in [0.1, 0.15) is 0 Å². The predicted molar refractivity (Wildman–Crippen MR) is 52.2 cm³/mol. The van der Waals surface area contributed by atoms with Gasteiger partial charge in [-0.25, -0.2) is 0 Å². The molecule has 0 aliphatic rings. The summed E-state index contributed by atoms with van der Waals surface area (Å²) >= 11 is 0. The summed E-state index contributed by atoms with van der Waals surface area (Å²) in [6, 6.07) is 0. The predicted octanol–water partition coefficient (Wildman–Crippen LogP) is 2.99. The topological polar surface area (TPSA) is 12.4 Å². The molecule has 0 saturated heterocycles. The van der Waals surface area contributed by atoms with E-state index >= 15 is 0 Å². The minimum atomic E-state index is 1.22. The monoisotopic (exact) mass is 151 g/mol. The summed E-state index contributed by atoms with van der Waals surface area (Å²) in [5, 5.41) is 0. The van der Waals surface area contributed by atoms with E-state index in [9.17, 15) is 0 Å². The first-order chi connectivity index (χ1) is 5.13. The quantitative estimate of drug-likeness (QED) is 0.425. The Labute approximate surface area is 69.5 Å². The second kappa shape index (κ2) is 4.89. The van der Waals surface area contributed by atoms with E-state index in [1.807, 2.05) is 13.1 Å². The van der Waals surface area contributed by atoms with E-state index in [1.54, 1.807) is 7.05 Å². The lowest BCUT2D eigenvalue weighted by molar-refractivity contribution is 1.27. The van der Waals surface area contributed by atoms with Gasteiger partial charge in [0.05, 0.1) is 0 Å². The van der Waals surface area contributed by atoms with Crippen LogP contribution in [0.5, 0.6) is 0 Å². The Kier molecular flexibility index (Phi) is 4.51. The summed E-state index contributed by atoms with van der Waals surface area (Å²) < 4.78 is 0. The van der Waals surface area contributed by atoms with Crippen molar-refractivity contribution in [1.29, 1.82) is 0 Å². The molecule has 0 radical (unpaired) electrons. The summed E-state index contributed by atoms with van der Waals surface area (Å²) in [7, 11) is 1.79. The molecule has 0 aliphatic carbocycles. The first-order valence-electron chi connectivity index (χ1n) is 3.86. The summed E-state index contributed by atoms with van der Waals surface area (Å²) in [4.78, 5) is 3.98. The Hall–Kier alpha value is -0.850. The molecular formula is C10H17N. The van der Waals surface area contributed by atoms with E-state index < -0.39 is 0 Å². The fourth-order valence-electron chi connectivity index (χ4n) is 0.816. The standard InChI is InChI=1S/C10H17N/c1-6-10(7-11-5)9(4)8(2)3/h6-7H,1-5H3/b10-6+,11-7-. The van der Waals surface area contributed by atoms with Gasteiger partial charge in [-0.15, -0.1) is 0 Å². The van der Waals surface area contributed by atoms with Crippen LogP contribution in [0.1, 0.15) is 27.7 Å². The van der Waals surface area contributed by atoms with Crippen LogP contribution in [-0.4, -0.2) is 13.3 Å². The second-order valence-corrected chi connectivity index (χ2v) is 2.76. The van der Waals surface area contributed by atoms with Crippen molar-refractivity contribution >= 4 is 6.21 Å². The zero-order chi connectivity index (χ0) is 8.85. The molecule has 0 N–H and O–H groups in total. The van der Waals surface area contributed by atoms with Gasteiger partial charge in [-0.1, -0.05) is 11.6 Å². The number of hydrogen-bond donors (Lipinski definition) is 0. The van der Waals surface area contributed by atoms with Crippen molar-refractivity contribution in [2.45, 2.75) is 27.7 Å². The number of hydrogen-bond acceptors (Lipinski definition) is 1. The van der Waals surface area contributed by atoms with Gasteiger partial charge in [-0.2, -0.15) is 0 Å². The van der Waals surface area contributed by atoms with Crippen molar-refractivity contribution < 1.29 is 0 Å². The van der Waals surface area contributed by atoms with Crippen molar-refractivity contribution in [2.24, 2.45) is 4.99 Å². The van der Waals surface area contributed by atoms with Crippen molar-refractivity contribution in [3.8, 4) is 0 Å². The molecule has 11 heavy (non-hydrogen) atoms. The van der Waals surface area contributed by atoms with Gasteiger partial charge >= 0.3 is 0 Å². The van der Waals surface area contributed by atoms with Gasteiger partial charge in [0.2, 0.25) is 0 Å². The SMILES string of the molecule is C/C=C(\C=N/C)C(C)=C(C)C. The molecule has 0 heterocycles. The molecule has 62 valence electrons. The van der Waals surface area contributed by atoms with Gasteiger partial charge in [-0.3, -0.25) is 4.99 Å². The number of nitrogens with zero attached hydrogens (tertiary/aromatic N) is 1. The molecule has 1 nitrogen and oxygen atoms in total. The van der Waals surface area contributed by atoms with Gasteiger partial charge in [-0.05, 0) is 38.8 Å². The minimum absolute atomic E-state index is 1.22. The van der Waals surface area contributed by atoms with Gasteiger partial charge in [0.15, 0.2) is 0 Å². The third-order valence-corrected chi connectivity index (χ3v) is 1.76. The highest BCUT2D eigenvalue weighted by Crippen LogP contribution is 2.11. The van der Waals surface area contributed by atoms with E-state index in [4.69, 9.17) is 0 Å². The van der Waals surface area contributed by atoms with E-state index in [0.29, 0.717) is 0 Å². The fourth-order valence-corrected chi connectivity index (χ4v) is 0.816. The van der Waals surface area contributed by atoms with Crippen molar-refractivity contribution in [2.75, 3.05) is 7.05 Å². The lowest BCUT2D eigenvalue weighted by atomic mass is 10.0. The third-order valence-electron chi connectivity index (χ3n) is 1.76.